The molecule has 0 fully saturated rings. The molecule has 0 amide bonds. The van der Waals surface area contributed by atoms with E-state index in [-0.39, 0.29) is 5.60 Å². The lowest BCUT2D eigenvalue weighted by molar-refractivity contribution is -0.0134. The number of hydrogen-bond acceptors (Lipinski definition) is 3. The standard InChI is InChI=1S/C12H20BrNOS/c1-12(2,3)15-8-9(14-4)7-11-10(13)5-6-16-11/h5-6,9,14H,7-8H2,1-4H3. The first-order chi connectivity index (χ1) is 7.42. The van der Waals surface area contributed by atoms with Crippen molar-refractivity contribution in [2.75, 3.05) is 13.7 Å². The summed E-state index contributed by atoms with van der Waals surface area (Å²) in [4.78, 5) is 1.37. The van der Waals surface area contributed by atoms with Gasteiger partial charge in [-0.2, -0.15) is 0 Å². The predicted octanol–water partition coefficient (Wildman–Crippen LogP) is 3.46. The van der Waals surface area contributed by atoms with E-state index in [1.165, 1.54) is 9.35 Å². The second-order valence-corrected chi connectivity index (χ2v) is 6.66. The molecule has 0 aromatic carbocycles. The highest BCUT2D eigenvalue weighted by Crippen LogP contribution is 2.24. The van der Waals surface area contributed by atoms with Crippen LogP contribution in [0.4, 0.5) is 0 Å². The molecule has 2 nitrogen and oxygen atoms in total. The molecule has 0 spiro atoms. The Bertz CT molecular complexity index is 319. The largest absolute Gasteiger partial charge is 0.374 e. The zero-order chi connectivity index (χ0) is 12.2. The minimum absolute atomic E-state index is 0.0677. The second kappa shape index (κ2) is 6.15. The van der Waals surface area contributed by atoms with Crippen molar-refractivity contribution < 1.29 is 4.74 Å². The zero-order valence-corrected chi connectivity index (χ0v) is 12.7. The Kier molecular flexibility index (Phi) is 5.44. The van der Waals surface area contributed by atoms with Crippen molar-refractivity contribution in [3.63, 3.8) is 0 Å². The molecule has 1 unspecified atom stereocenters. The van der Waals surface area contributed by atoms with Gasteiger partial charge in [-0.1, -0.05) is 0 Å². The Morgan fingerprint density at radius 2 is 2.19 bits per heavy atom. The number of hydrogen-bond donors (Lipinski definition) is 1. The van der Waals surface area contributed by atoms with Gasteiger partial charge >= 0.3 is 0 Å². The van der Waals surface area contributed by atoms with E-state index in [0.29, 0.717) is 6.04 Å². The van der Waals surface area contributed by atoms with Gasteiger partial charge in [0.25, 0.3) is 0 Å². The highest BCUT2D eigenvalue weighted by molar-refractivity contribution is 9.10. The fraction of sp³-hybridized carbons (Fsp3) is 0.667. The lowest BCUT2D eigenvalue weighted by atomic mass is 10.1. The number of thiophene rings is 1. The molecule has 1 aromatic rings. The summed E-state index contributed by atoms with van der Waals surface area (Å²) in [6.07, 6.45) is 1.00. The van der Waals surface area contributed by atoms with Crippen LogP contribution in [0.1, 0.15) is 25.6 Å². The van der Waals surface area contributed by atoms with Crippen molar-refractivity contribution >= 4 is 27.3 Å². The smallest absolute Gasteiger partial charge is 0.0630 e. The molecular formula is C12H20BrNOS. The Labute approximate surface area is 111 Å². The summed E-state index contributed by atoms with van der Waals surface area (Å²) in [5, 5.41) is 5.41. The monoisotopic (exact) mass is 305 g/mol. The summed E-state index contributed by atoms with van der Waals surface area (Å²) >= 11 is 5.34. The van der Waals surface area contributed by atoms with Gasteiger partial charge in [-0.05, 0) is 55.2 Å². The first-order valence-corrected chi connectivity index (χ1v) is 7.12. The molecule has 0 radical (unpaired) electrons. The molecular weight excluding hydrogens is 286 g/mol. The summed E-state index contributed by atoms with van der Waals surface area (Å²) in [5.41, 5.74) is -0.0677. The van der Waals surface area contributed by atoms with Crippen LogP contribution in [0.5, 0.6) is 0 Å². The van der Waals surface area contributed by atoms with Gasteiger partial charge in [-0.25, -0.2) is 0 Å². The molecule has 1 aromatic heterocycles. The predicted molar refractivity (Wildman–Crippen MR) is 74.3 cm³/mol. The van der Waals surface area contributed by atoms with Crippen LogP contribution in [0.2, 0.25) is 0 Å². The Balaban J connectivity index is 2.47. The zero-order valence-electron chi connectivity index (χ0n) is 10.3. The molecule has 4 heteroatoms. The average molecular weight is 306 g/mol. The first-order valence-electron chi connectivity index (χ1n) is 5.45. The van der Waals surface area contributed by atoms with E-state index in [2.05, 4.69) is 53.5 Å². The number of nitrogens with one attached hydrogen (secondary N) is 1. The summed E-state index contributed by atoms with van der Waals surface area (Å²) in [5.74, 6) is 0. The molecule has 1 atom stereocenters. The van der Waals surface area contributed by atoms with Crippen molar-refractivity contribution in [3.05, 3.63) is 20.8 Å². The van der Waals surface area contributed by atoms with E-state index in [0.717, 1.165) is 13.0 Å². The Hall–Kier alpha value is 0.100. The van der Waals surface area contributed by atoms with Crippen LogP contribution < -0.4 is 5.32 Å². The summed E-state index contributed by atoms with van der Waals surface area (Å²) in [6, 6.07) is 2.46. The van der Waals surface area contributed by atoms with Crippen LogP contribution >= 0.6 is 27.3 Å². The molecule has 92 valence electrons. The van der Waals surface area contributed by atoms with E-state index >= 15 is 0 Å². The molecule has 0 saturated heterocycles. The lowest BCUT2D eigenvalue weighted by Gasteiger charge is -2.24. The molecule has 16 heavy (non-hydrogen) atoms. The van der Waals surface area contributed by atoms with Crippen LogP contribution in [-0.4, -0.2) is 25.3 Å². The normalized spacial score (nSPS) is 14.1. The van der Waals surface area contributed by atoms with Gasteiger partial charge in [0, 0.05) is 21.8 Å². The minimum atomic E-state index is -0.0677. The maximum atomic E-state index is 5.80. The maximum Gasteiger partial charge on any atom is 0.0630 e. The van der Waals surface area contributed by atoms with Crippen LogP contribution in [0.3, 0.4) is 0 Å². The van der Waals surface area contributed by atoms with Crippen molar-refractivity contribution in [3.8, 4) is 0 Å². The van der Waals surface area contributed by atoms with Crippen molar-refractivity contribution in [2.24, 2.45) is 0 Å². The van der Waals surface area contributed by atoms with Gasteiger partial charge < -0.3 is 10.1 Å². The number of ether oxygens (including phenoxy) is 1. The fourth-order valence-corrected chi connectivity index (χ4v) is 2.89. The number of likely N-dealkylation sites (N-methyl/N-ethyl adjacent to an activating group) is 1. The third kappa shape index (κ3) is 4.95. The Morgan fingerprint density at radius 3 is 2.62 bits per heavy atom. The maximum absolute atomic E-state index is 5.80. The van der Waals surface area contributed by atoms with Crippen LogP contribution in [0.25, 0.3) is 0 Å². The SMILES string of the molecule is CNC(COC(C)(C)C)Cc1sccc1Br. The van der Waals surface area contributed by atoms with E-state index in [4.69, 9.17) is 4.74 Å². The highest BCUT2D eigenvalue weighted by atomic mass is 79.9. The van der Waals surface area contributed by atoms with Crippen LogP contribution in [0.15, 0.2) is 15.9 Å². The third-order valence-electron chi connectivity index (χ3n) is 2.25. The summed E-state index contributed by atoms with van der Waals surface area (Å²) in [7, 11) is 1.98. The van der Waals surface area contributed by atoms with Gasteiger partial charge in [0.1, 0.15) is 0 Å². The molecule has 1 rings (SSSR count). The topological polar surface area (TPSA) is 21.3 Å². The van der Waals surface area contributed by atoms with Crippen molar-refractivity contribution in [1.29, 1.82) is 0 Å². The van der Waals surface area contributed by atoms with Crippen LogP contribution in [-0.2, 0) is 11.2 Å². The van der Waals surface area contributed by atoms with Crippen molar-refractivity contribution in [2.45, 2.75) is 38.8 Å². The summed E-state index contributed by atoms with van der Waals surface area (Å²) < 4.78 is 7.00. The molecule has 0 aliphatic carbocycles. The second-order valence-electron chi connectivity index (χ2n) is 4.80. The van der Waals surface area contributed by atoms with Crippen LogP contribution in [0, 0.1) is 0 Å². The summed E-state index contributed by atoms with van der Waals surface area (Å²) in [6.45, 7) is 6.99. The molecule has 1 N–H and O–H groups in total. The fourth-order valence-electron chi connectivity index (χ4n) is 1.29. The van der Waals surface area contributed by atoms with Gasteiger partial charge in [-0.3, -0.25) is 0 Å². The molecule has 1 heterocycles. The average Bonchev–Trinajstić information content (AvgIpc) is 2.57. The number of halogens is 1. The third-order valence-corrected chi connectivity index (χ3v) is 4.20. The van der Waals surface area contributed by atoms with Gasteiger partial charge in [0.2, 0.25) is 0 Å². The molecule has 0 aliphatic heterocycles. The Morgan fingerprint density at radius 1 is 1.50 bits per heavy atom. The lowest BCUT2D eigenvalue weighted by Crippen LogP contribution is -2.35. The molecule has 0 saturated carbocycles. The molecule has 0 aliphatic rings. The van der Waals surface area contributed by atoms with E-state index in [9.17, 15) is 0 Å². The van der Waals surface area contributed by atoms with E-state index < -0.39 is 0 Å². The molecule has 0 bridgehead atoms. The van der Waals surface area contributed by atoms with Gasteiger partial charge in [0.15, 0.2) is 0 Å². The van der Waals surface area contributed by atoms with Gasteiger partial charge in [-0.15, -0.1) is 11.3 Å². The highest BCUT2D eigenvalue weighted by Gasteiger charge is 2.16. The number of rotatable bonds is 5. The van der Waals surface area contributed by atoms with Gasteiger partial charge in [0.05, 0.1) is 12.2 Å². The minimum Gasteiger partial charge on any atom is -0.374 e. The first kappa shape index (κ1) is 14.2. The van der Waals surface area contributed by atoms with E-state index in [1.54, 1.807) is 11.3 Å². The van der Waals surface area contributed by atoms with Crippen molar-refractivity contribution in [1.82, 2.24) is 5.32 Å². The van der Waals surface area contributed by atoms with E-state index in [1.807, 2.05) is 7.05 Å². The quantitative estimate of drug-likeness (QED) is 0.899.